The summed E-state index contributed by atoms with van der Waals surface area (Å²) in [5.74, 6) is 0.596. The standard InChI is InChI=1S/C21H22.C2H6/c1-15-14-16-8-2-3-10-18(16)20-12-6-7-13-21(20)19-11-5-4-9-17(15)19;1-2/h2-5,8-11,15H,6-7,12-14H2,1H3;1-2H3. The molecule has 0 radical (unpaired) electrons. The van der Waals surface area contributed by atoms with Crippen LogP contribution >= 0.6 is 0 Å². The first-order valence-electron chi connectivity index (χ1n) is 9.24. The number of fused-ring (bicyclic) bond motifs is 4. The zero-order valence-electron chi connectivity index (χ0n) is 14.7. The molecule has 4 rings (SSSR count). The van der Waals surface area contributed by atoms with E-state index in [0.717, 1.165) is 6.42 Å². The predicted octanol–water partition coefficient (Wildman–Crippen LogP) is 6.86. The van der Waals surface area contributed by atoms with E-state index in [2.05, 4.69) is 55.5 Å². The Morgan fingerprint density at radius 3 is 2.04 bits per heavy atom. The van der Waals surface area contributed by atoms with Crippen LogP contribution in [0.5, 0.6) is 0 Å². The third-order valence-corrected chi connectivity index (χ3v) is 5.15. The van der Waals surface area contributed by atoms with Gasteiger partial charge in [0.2, 0.25) is 0 Å². The fourth-order valence-corrected chi connectivity index (χ4v) is 4.13. The fourth-order valence-electron chi connectivity index (χ4n) is 4.13. The lowest BCUT2D eigenvalue weighted by Crippen LogP contribution is -2.11. The predicted molar refractivity (Wildman–Crippen MR) is 102 cm³/mol. The van der Waals surface area contributed by atoms with Gasteiger partial charge in [-0.3, -0.25) is 0 Å². The largest absolute Gasteiger partial charge is 0.0683 e. The molecule has 0 bridgehead atoms. The highest BCUT2D eigenvalue weighted by Gasteiger charge is 2.24. The van der Waals surface area contributed by atoms with E-state index in [1.54, 1.807) is 16.7 Å². The van der Waals surface area contributed by atoms with Crippen LogP contribution in [0, 0.1) is 0 Å². The number of allylic oxidation sites excluding steroid dienone is 2. The van der Waals surface area contributed by atoms with Crippen molar-refractivity contribution in [2.75, 3.05) is 0 Å². The molecule has 0 aliphatic heterocycles. The molecule has 1 unspecified atom stereocenters. The topological polar surface area (TPSA) is 0 Å². The van der Waals surface area contributed by atoms with Crippen LogP contribution in [-0.4, -0.2) is 0 Å². The lowest BCUT2D eigenvalue weighted by molar-refractivity contribution is 0.725. The molecule has 0 heterocycles. The Balaban J connectivity index is 0.000000753. The summed E-state index contributed by atoms with van der Waals surface area (Å²) in [5.41, 5.74) is 9.37. The van der Waals surface area contributed by atoms with Crippen molar-refractivity contribution in [2.24, 2.45) is 0 Å². The minimum absolute atomic E-state index is 0.596. The molecule has 0 saturated carbocycles. The van der Waals surface area contributed by atoms with Crippen LogP contribution < -0.4 is 0 Å². The molecule has 2 aromatic rings. The molecule has 0 nitrogen and oxygen atoms in total. The van der Waals surface area contributed by atoms with E-state index in [1.807, 2.05) is 13.8 Å². The van der Waals surface area contributed by atoms with Crippen LogP contribution in [0.1, 0.15) is 74.6 Å². The van der Waals surface area contributed by atoms with Gasteiger partial charge in [-0.25, -0.2) is 0 Å². The average Bonchev–Trinajstić information content (AvgIpc) is 2.63. The maximum Gasteiger partial charge on any atom is -0.0144 e. The smallest absolute Gasteiger partial charge is 0.0144 e. The summed E-state index contributed by atoms with van der Waals surface area (Å²) in [6, 6.07) is 18.2. The molecule has 2 aromatic carbocycles. The highest BCUT2D eigenvalue weighted by molar-refractivity contribution is 5.93. The SMILES string of the molecule is CC.CC1Cc2ccccc2C2=C(CCCC2)c2ccccc21. The van der Waals surface area contributed by atoms with Crippen molar-refractivity contribution in [3.8, 4) is 0 Å². The zero-order chi connectivity index (χ0) is 16.2. The van der Waals surface area contributed by atoms with Crippen LogP contribution in [0.2, 0.25) is 0 Å². The van der Waals surface area contributed by atoms with Crippen LogP contribution in [-0.2, 0) is 6.42 Å². The third-order valence-electron chi connectivity index (χ3n) is 5.15. The third kappa shape index (κ3) is 3.00. The van der Waals surface area contributed by atoms with Crippen LogP contribution in [0.4, 0.5) is 0 Å². The molecular formula is C23H28. The second-order valence-corrected chi connectivity index (χ2v) is 6.51. The van der Waals surface area contributed by atoms with Gasteiger partial charge in [0.25, 0.3) is 0 Å². The molecule has 1 atom stereocenters. The number of hydrogen-bond donors (Lipinski definition) is 0. The summed E-state index contributed by atoms with van der Waals surface area (Å²) in [5, 5.41) is 0. The van der Waals surface area contributed by atoms with Gasteiger partial charge in [0, 0.05) is 0 Å². The number of benzene rings is 2. The van der Waals surface area contributed by atoms with Crippen molar-refractivity contribution in [3.63, 3.8) is 0 Å². The first kappa shape index (κ1) is 16.1. The molecule has 0 amide bonds. The molecule has 0 aromatic heterocycles. The van der Waals surface area contributed by atoms with Gasteiger partial charge >= 0.3 is 0 Å². The molecule has 120 valence electrons. The summed E-state index contributed by atoms with van der Waals surface area (Å²) >= 11 is 0. The van der Waals surface area contributed by atoms with Gasteiger partial charge < -0.3 is 0 Å². The minimum Gasteiger partial charge on any atom is -0.0683 e. The van der Waals surface area contributed by atoms with E-state index in [0.29, 0.717) is 5.92 Å². The molecule has 0 heteroatoms. The minimum atomic E-state index is 0.596. The average molecular weight is 304 g/mol. The maximum atomic E-state index is 2.38. The van der Waals surface area contributed by atoms with Crippen molar-refractivity contribution in [1.29, 1.82) is 0 Å². The first-order chi connectivity index (χ1) is 11.3. The monoisotopic (exact) mass is 304 g/mol. The van der Waals surface area contributed by atoms with E-state index in [-0.39, 0.29) is 0 Å². The van der Waals surface area contributed by atoms with E-state index < -0.39 is 0 Å². The normalized spacial score (nSPS) is 19.3. The molecule has 23 heavy (non-hydrogen) atoms. The molecule has 0 N–H and O–H groups in total. The van der Waals surface area contributed by atoms with E-state index >= 15 is 0 Å². The lowest BCUT2D eigenvalue weighted by atomic mass is 9.75. The summed E-state index contributed by atoms with van der Waals surface area (Å²) in [7, 11) is 0. The highest BCUT2D eigenvalue weighted by Crippen LogP contribution is 2.44. The highest BCUT2D eigenvalue weighted by atomic mass is 14.3. The van der Waals surface area contributed by atoms with Gasteiger partial charge in [-0.2, -0.15) is 0 Å². The van der Waals surface area contributed by atoms with Crippen LogP contribution in [0.25, 0.3) is 11.1 Å². The lowest BCUT2D eigenvalue weighted by Gasteiger charge is -2.29. The summed E-state index contributed by atoms with van der Waals surface area (Å²) in [6.45, 7) is 6.38. The Hall–Kier alpha value is -1.82. The van der Waals surface area contributed by atoms with Crippen molar-refractivity contribution >= 4 is 11.1 Å². The number of rotatable bonds is 0. The van der Waals surface area contributed by atoms with E-state index in [1.165, 1.54) is 42.4 Å². The quantitative estimate of drug-likeness (QED) is 0.499. The summed E-state index contributed by atoms with van der Waals surface area (Å²) < 4.78 is 0. The molecule has 0 saturated heterocycles. The molecule has 0 spiro atoms. The van der Waals surface area contributed by atoms with Crippen molar-refractivity contribution < 1.29 is 0 Å². The molecule has 2 aliphatic rings. The van der Waals surface area contributed by atoms with Gasteiger partial charge in [-0.1, -0.05) is 69.3 Å². The molecule has 2 aliphatic carbocycles. The van der Waals surface area contributed by atoms with Gasteiger partial charge in [0.15, 0.2) is 0 Å². The van der Waals surface area contributed by atoms with Crippen molar-refractivity contribution in [2.45, 2.75) is 58.8 Å². The fraction of sp³-hybridized carbons (Fsp3) is 0.391. The number of hydrogen-bond acceptors (Lipinski definition) is 0. The zero-order valence-corrected chi connectivity index (χ0v) is 14.7. The second kappa shape index (κ2) is 7.17. The Bertz CT molecular complexity index is 705. The Morgan fingerprint density at radius 2 is 1.30 bits per heavy atom. The van der Waals surface area contributed by atoms with Gasteiger partial charge in [-0.05, 0) is 71.4 Å². The second-order valence-electron chi connectivity index (χ2n) is 6.51. The van der Waals surface area contributed by atoms with Crippen LogP contribution in [0.15, 0.2) is 48.5 Å². The van der Waals surface area contributed by atoms with Gasteiger partial charge in [-0.15, -0.1) is 0 Å². The Morgan fingerprint density at radius 1 is 0.739 bits per heavy atom. The summed E-state index contributed by atoms with van der Waals surface area (Å²) in [6.07, 6.45) is 6.32. The van der Waals surface area contributed by atoms with E-state index in [4.69, 9.17) is 0 Å². The van der Waals surface area contributed by atoms with E-state index in [9.17, 15) is 0 Å². The first-order valence-corrected chi connectivity index (χ1v) is 9.24. The Labute approximate surface area is 141 Å². The summed E-state index contributed by atoms with van der Waals surface area (Å²) in [4.78, 5) is 0. The van der Waals surface area contributed by atoms with Crippen molar-refractivity contribution in [3.05, 3.63) is 70.8 Å². The molecular weight excluding hydrogens is 276 g/mol. The van der Waals surface area contributed by atoms with Gasteiger partial charge in [0.05, 0.1) is 0 Å². The maximum absolute atomic E-state index is 2.38. The van der Waals surface area contributed by atoms with Crippen LogP contribution in [0.3, 0.4) is 0 Å². The Kier molecular flexibility index (Phi) is 5.00. The van der Waals surface area contributed by atoms with Crippen molar-refractivity contribution in [1.82, 2.24) is 0 Å². The van der Waals surface area contributed by atoms with Gasteiger partial charge in [0.1, 0.15) is 0 Å². The molecule has 0 fully saturated rings.